The largest absolute Gasteiger partial charge is 0.340 e. The SMILES string of the molecule is CCCCCCN1c2ccccc2Sc2cc(-c3ccc4c(c3)Sc3cc(-c5ccc6c(c5)Sc5cc(-c7ccc8c(c7)Sc7cc(-c9ccc%10c(c9)Sc9cc(-c%11ccc%12c(c%11)Sc%11cc(-c%13ccc%14c(c%13)Sc%13ccccc%13N%14CCCCCC)ccc%11N%12CCCCCC)ccc9N%10CCCCCC)ccc7N8CCCCCC)ccc5N6CCCCCC)ccc3N4CCCCCC)ccc21. The van der Waals surface area contributed by atoms with Crippen LogP contribution in [-0.2, 0) is 0 Å². The second kappa shape index (κ2) is 45.0. The third-order valence-corrected chi connectivity index (χ3v) is 37.2. The number of hydrogen-bond donors (Lipinski definition) is 0. The molecule has 14 heteroatoms. The fourth-order valence-corrected chi connectivity index (χ4v) is 30.0. The lowest BCUT2D eigenvalue weighted by atomic mass is 10.0. The molecule has 21 rings (SSSR count). The summed E-state index contributed by atoms with van der Waals surface area (Å²) in [4.78, 5) is 37.1. The van der Waals surface area contributed by atoms with E-state index < -0.39 is 0 Å². The van der Waals surface area contributed by atoms with Crippen molar-refractivity contribution >= 4 is 162 Å². The zero-order valence-electron chi connectivity index (χ0n) is 83.1. The van der Waals surface area contributed by atoms with Gasteiger partial charge in [-0.25, -0.2) is 0 Å². The fraction of sp³-hybridized carbons (Fsp3) is 0.333. The number of anilines is 14. The maximum atomic E-state index is 2.66. The van der Waals surface area contributed by atoms with E-state index in [1.54, 1.807) is 0 Å². The molecule has 0 saturated carbocycles. The lowest BCUT2D eigenvalue weighted by molar-refractivity contribution is 0.665. The molecule has 7 aliphatic rings. The smallest absolute Gasteiger partial charge is 0.0553 e. The van der Waals surface area contributed by atoms with Gasteiger partial charge in [0.25, 0.3) is 0 Å². The summed E-state index contributed by atoms with van der Waals surface area (Å²) in [5.41, 5.74) is 33.8. The molecular formula is C126H135N7S7. The lowest BCUT2D eigenvalue weighted by Crippen LogP contribution is -2.22. The Morgan fingerprint density at radius 3 is 0.386 bits per heavy atom. The van der Waals surface area contributed by atoms with Crippen molar-refractivity contribution in [3.8, 4) is 66.8 Å². The van der Waals surface area contributed by atoms with Crippen LogP contribution >= 0.6 is 82.3 Å². The molecule has 0 amide bonds. The normalized spacial score (nSPS) is 13.8. The van der Waals surface area contributed by atoms with Crippen molar-refractivity contribution in [1.29, 1.82) is 0 Å². The maximum absolute atomic E-state index is 2.66. The summed E-state index contributed by atoms with van der Waals surface area (Å²) >= 11 is 13.6. The Labute approximate surface area is 865 Å². The first-order valence-electron chi connectivity index (χ1n) is 53.2. The lowest BCUT2D eigenvalue weighted by Gasteiger charge is -2.35. The topological polar surface area (TPSA) is 22.7 Å². The number of rotatable bonds is 41. The van der Waals surface area contributed by atoms with Gasteiger partial charge in [0.1, 0.15) is 0 Å². The van der Waals surface area contributed by atoms with Crippen LogP contribution in [0.25, 0.3) is 66.8 Å². The molecule has 0 fully saturated rings. The van der Waals surface area contributed by atoms with Crippen LogP contribution in [0.3, 0.4) is 0 Å². The summed E-state index contributed by atoms with van der Waals surface area (Å²) in [6, 6.07) is 106. The molecule has 7 aliphatic heterocycles. The highest BCUT2D eigenvalue weighted by Crippen LogP contribution is 2.60. The van der Waals surface area contributed by atoms with Crippen LogP contribution in [0.4, 0.5) is 79.6 Å². The summed E-state index contributed by atoms with van der Waals surface area (Å²) in [6.45, 7) is 23.3. The van der Waals surface area contributed by atoms with E-state index in [1.807, 2.05) is 82.3 Å². The monoisotopic (exact) mass is 1970 g/mol. The Kier molecular flexibility index (Phi) is 30.9. The fourth-order valence-electron chi connectivity index (χ4n) is 21.8. The predicted octanol–water partition coefficient (Wildman–Crippen LogP) is 41.0. The van der Waals surface area contributed by atoms with Crippen molar-refractivity contribution in [2.24, 2.45) is 0 Å². The Morgan fingerprint density at radius 2 is 0.250 bits per heavy atom. The summed E-state index contributed by atoms with van der Waals surface area (Å²) in [7, 11) is 0. The minimum Gasteiger partial charge on any atom is -0.340 e. The van der Waals surface area contributed by atoms with Crippen LogP contribution in [0.5, 0.6) is 0 Å². The van der Waals surface area contributed by atoms with Gasteiger partial charge in [0.2, 0.25) is 0 Å². The van der Waals surface area contributed by atoms with Crippen molar-refractivity contribution in [3.63, 3.8) is 0 Å². The number of hydrogen-bond acceptors (Lipinski definition) is 14. The van der Waals surface area contributed by atoms with Crippen LogP contribution in [0.1, 0.15) is 228 Å². The summed E-state index contributed by atoms with van der Waals surface area (Å²) in [5.74, 6) is 0. The Balaban J connectivity index is 0.552. The molecule has 0 bridgehead atoms. The average Bonchev–Trinajstić information content (AvgIpc) is 0.756. The molecule has 0 spiro atoms. The quantitative estimate of drug-likeness (QED) is 0.0340. The van der Waals surface area contributed by atoms with E-state index in [2.05, 4.69) is 350 Å². The zero-order valence-corrected chi connectivity index (χ0v) is 88.9. The van der Waals surface area contributed by atoms with E-state index in [9.17, 15) is 0 Å². The molecule has 0 aliphatic carbocycles. The Morgan fingerprint density at radius 1 is 0.129 bits per heavy atom. The van der Waals surface area contributed by atoms with E-state index in [0.29, 0.717) is 0 Å². The summed E-state index contributed by atoms with van der Waals surface area (Å²) in [6.07, 6.45) is 34.3. The third kappa shape index (κ3) is 20.5. The molecule has 716 valence electrons. The molecule has 7 heterocycles. The van der Waals surface area contributed by atoms with Gasteiger partial charge in [0, 0.05) is 114 Å². The highest BCUT2D eigenvalue weighted by Gasteiger charge is 2.35. The van der Waals surface area contributed by atoms with Gasteiger partial charge in [0.15, 0.2) is 0 Å². The van der Waals surface area contributed by atoms with Gasteiger partial charge < -0.3 is 34.3 Å². The van der Waals surface area contributed by atoms with Gasteiger partial charge >= 0.3 is 0 Å². The van der Waals surface area contributed by atoms with Crippen LogP contribution in [0.15, 0.2) is 335 Å². The van der Waals surface area contributed by atoms with E-state index in [-0.39, 0.29) is 0 Å². The van der Waals surface area contributed by atoms with Gasteiger partial charge in [-0.2, -0.15) is 0 Å². The summed E-state index contributed by atoms with van der Waals surface area (Å²) < 4.78 is 0. The molecule has 0 unspecified atom stereocenters. The van der Waals surface area contributed by atoms with Gasteiger partial charge in [-0.05, 0) is 282 Å². The predicted molar refractivity (Wildman–Crippen MR) is 611 cm³/mol. The third-order valence-electron chi connectivity index (χ3n) is 29.5. The number of para-hydroxylation sites is 2. The molecule has 140 heavy (non-hydrogen) atoms. The van der Waals surface area contributed by atoms with E-state index in [0.717, 1.165) is 77.9 Å². The maximum Gasteiger partial charge on any atom is 0.0553 e. The van der Waals surface area contributed by atoms with Gasteiger partial charge in [-0.15, -0.1) is 0 Å². The molecular weight excluding hydrogens is 1840 g/mol. The minimum absolute atomic E-state index is 0.984. The van der Waals surface area contributed by atoms with Gasteiger partial charge in [0.05, 0.1) is 79.6 Å². The van der Waals surface area contributed by atoms with E-state index >= 15 is 0 Å². The molecule has 0 aromatic heterocycles. The highest BCUT2D eigenvalue weighted by molar-refractivity contribution is 8.01. The number of unbranched alkanes of at least 4 members (excludes halogenated alkanes) is 21. The van der Waals surface area contributed by atoms with Gasteiger partial charge in [-0.1, -0.05) is 363 Å². The standard InChI is InChI=1S/C126H135N7S7/c1-8-15-22-33-68-127-99-40-29-31-42-113(99)134-115-75-87(44-56-101(115)127)89-46-58-103-117(77-89)136-119-79-91(48-60-105(119)129(103)70-35-24-17-10-3)93-50-62-107-121(81-93)138-123-83-95(52-64-109(123)131(107)72-37-26-19-12-5)97-54-66-111-125(85-97)140-126-86-98(55-67-112(126)133(111)74-39-28-21-14-7)96-53-65-110-124(84-96)139-122-82-94(51-63-108(122)132(110)73-38-27-20-13-6)92-49-61-106-120(80-92)137-118-78-90(47-59-104(118)130(106)71-36-25-18-11-4)88-45-57-102-116(76-88)135-114-43-32-30-41-100(114)128(102)69-34-23-16-9-2/h29-32,40-67,75-86H,8-28,33-39,68-74H2,1-7H3. The second-order valence-electron chi connectivity index (χ2n) is 39.3. The highest BCUT2D eigenvalue weighted by atomic mass is 32.2. The average molecular weight is 1970 g/mol. The van der Waals surface area contributed by atoms with E-state index in [1.165, 1.54) is 363 Å². The first-order chi connectivity index (χ1) is 69.1. The van der Waals surface area contributed by atoms with Crippen LogP contribution in [0, 0.1) is 0 Å². The number of benzene rings is 14. The second-order valence-corrected chi connectivity index (χ2v) is 46.9. The van der Waals surface area contributed by atoms with Crippen molar-refractivity contribution in [2.45, 2.75) is 297 Å². The Bertz CT molecular complexity index is 6350. The Hall–Kier alpha value is -9.87. The number of nitrogens with zero attached hydrogens (tertiary/aromatic N) is 7. The molecule has 14 aromatic carbocycles. The molecule has 0 saturated heterocycles. The molecule has 0 N–H and O–H groups in total. The molecule has 14 aromatic rings. The van der Waals surface area contributed by atoms with Crippen molar-refractivity contribution in [3.05, 3.63) is 267 Å². The van der Waals surface area contributed by atoms with Crippen LogP contribution in [0.2, 0.25) is 0 Å². The first-order valence-corrected chi connectivity index (χ1v) is 58.9. The van der Waals surface area contributed by atoms with E-state index in [4.69, 9.17) is 0 Å². The molecule has 0 atom stereocenters. The van der Waals surface area contributed by atoms with Crippen molar-refractivity contribution < 1.29 is 0 Å². The molecule has 7 nitrogen and oxygen atoms in total. The zero-order chi connectivity index (χ0) is 94.9. The van der Waals surface area contributed by atoms with Crippen LogP contribution in [-0.4, -0.2) is 45.8 Å². The van der Waals surface area contributed by atoms with Crippen molar-refractivity contribution in [2.75, 3.05) is 80.1 Å². The minimum atomic E-state index is 0.984. The summed E-state index contributed by atoms with van der Waals surface area (Å²) in [5, 5.41) is 0. The first kappa shape index (κ1) is 96.3. The number of fused-ring (bicyclic) bond motifs is 14. The van der Waals surface area contributed by atoms with Gasteiger partial charge in [-0.3, -0.25) is 0 Å². The molecule has 0 radical (unpaired) electrons. The van der Waals surface area contributed by atoms with Crippen molar-refractivity contribution in [1.82, 2.24) is 0 Å². The van der Waals surface area contributed by atoms with Crippen LogP contribution < -0.4 is 34.3 Å².